The van der Waals surface area contributed by atoms with E-state index in [1.54, 1.807) is 0 Å². The minimum absolute atomic E-state index is 0.191. The fourth-order valence-electron chi connectivity index (χ4n) is 2.18. The Kier molecular flexibility index (Phi) is 3.20. The smallest absolute Gasteiger partial charge is 0.0877 e. The molecule has 3 heteroatoms. The molecule has 2 heterocycles. The first-order chi connectivity index (χ1) is 8.32. The zero-order valence-corrected chi connectivity index (χ0v) is 11.8. The molecule has 0 spiro atoms. The highest BCUT2D eigenvalue weighted by Gasteiger charge is 2.30. The van der Waals surface area contributed by atoms with Crippen molar-refractivity contribution < 1.29 is 5.11 Å². The van der Waals surface area contributed by atoms with Crippen molar-refractivity contribution in [1.82, 2.24) is 9.61 Å². The number of pyridine rings is 1. The van der Waals surface area contributed by atoms with Gasteiger partial charge < -0.3 is 5.11 Å². The highest BCUT2D eigenvalue weighted by molar-refractivity contribution is 5.58. The fourth-order valence-corrected chi connectivity index (χ4v) is 2.18. The van der Waals surface area contributed by atoms with Gasteiger partial charge in [0, 0.05) is 11.8 Å². The van der Waals surface area contributed by atoms with E-state index in [9.17, 15) is 5.11 Å². The third-order valence-electron chi connectivity index (χ3n) is 3.25. The first-order valence-corrected chi connectivity index (χ1v) is 6.47. The van der Waals surface area contributed by atoms with Crippen LogP contribution in [0.2, 0.25) is 0 Å². The van der Waals surface area contributed by atoms with E-state index in [0.29, 0.717) is 5.92 Å². The second kappa shape index (κ2) is 4.39. The summed E-state index contributed by atoms with van der Waals surface area (Å²) in [5.74, 6) is 0.303. The van der Waals surface area contributed by atoms with E-state index in [2.05, 4.69) is 18.9 Å². The molecule has 0 amide bonds. The molecule has 18 heavy (non-hydrogen) atoms. The largest absolute Gasteiger partial charge is 0.388 e. The van der Waals surface area contributed by atoms with Crippen molar-refractivity contribution in [3.8, 4) is 0 Å². The zero-order valence-electron chi connectivity index (χ0n) is 11.8. The molecule has 1 N–H and O–H groups in total. The van der Waals surface area contributed by atoms with Crippen LogP contribution in [0.1, 0.15) is 57.9 Å². The van der Waals surface area contributed by atoms with Crippen molar-refractivity contribution in [1.29, 1.82) is 0 Å². The van der Waals surface area contributed by atoms with E-state index in [1.807, 2.05) is 49.7 Å². The molecule has 0 saturated carbocycles. The van der Waals surface area contributed by atoms with Gasteiger partial charge in [0.2, 0.25) is 0 Å². The number of hydrogen-bond donors (Lipinski definition) is 1. The van der Waals surface area contributed by atoms with E-state index >= 15 is 0 Å². The van der Waals surface area contributed by atoms with E-state index < -0.39 is 6.10 Å². The molecule has 1 atom stereocenters. The predicted molar refractivity (Wildman–Crippen MR) is 73.7 cm³/mol. The fraction of sp³-hybridized carbons (Fsp3) is 0.533. The van der Waals surface area contributed by atoms with Crippen LogP contribution < -0.4 is 0 Å². The van der Waals surface area contributed by atoms with Crippen LogP contribution in [0, 0.1) is 5.41 Å². The van der Waals surface area contributed by atoms with Gasteiger partial charge in [-0.05, 0) is 23.5 Å². The second-order valence-corrected chi connectivity index (χ2v) is 6.25. The standard InChI is InChI=1S/C15H22N2O/c1-10(2)13-12(14(18)15(3,4)5)11-8-6-7-9-17(11)16-13/h6-10,14,18H,1-5H3. The summed E-state index contributed by atoms with van der Waals surface area (Å²) >= 11 is 0. The van der Waals surface area contributed by atoms with Gasteiger partial charge >= 0.3 is 0 Å². The van der Waals surface area contributed by atoms with Crippen LogP contribution in [0.25, 0.3) is 5.52 Å². The first kappa shape index (κ1) is 13.1. The van der Waals surface area contributed by atoms with Crippen LogP contribution in [-0.2, 0) is 0 Å². The molecule has 1 unspecified atom stereocenters. The number of aromatic nitrogens is 2. The maximum absolute atomic E-state index is 10.6. The average molecular weight is 246 g/mol. The summed E-state index contributed by atoms with van der Waals surface area (Å²) in [5.41, 5.74) is 2.77. The summed E-state index contributed by atoms with van der Waals surface area (Å²) in [6, 6.07) is 5.96. The Morgan fingerprint density at radius 2 is 1.89 bits per heavy atom. The Morgan fingerprint density at radius 3 is 2.44 bits per heavy atom. The third-order valence-corrected chi connectivity index (χ3v) is 3.25. The minimum Gasteiger partial charge on any atom is -0.388 e. The summed E-state index contributed by atoms with van der Waals surface area (Å²) in [7, 11) is 0. The topological polar surface area (TPSA) is 37.5 Å². The van der Waals surface area contributed by atoms with Gasteiger partial charge in [0.1, 0.15) is 0 Å². The lowest BCUT2D eigenvalue weighted by Gasteiger charge is -2.26. The van der Waals surface area contributed by atoms with Crippen LogP contribution >= 0.6 is 0 Å². The number of aliphatic hydroxyl groups excluding tert-OH is 1. The lowest BCUT2D eigenvalue weighted by atomic mass is 9.83. The monoisotopic (exact) mass is 246 g/mol. The molecule has 0 aliphatic rings. The van der Waals surface area contributed by atoms with Gasteiger partial charge in [0.15, 0.2) is 0 Å². The van der Waals surface area contributed by atoms with Crippen LogP contribution in [0.3, 0.4) is 0 Å². The summed E-state index contributed by atoms with van der Waals surface area (Å²) in [6.07, 6.45) is 1.43. The van der Waals surface area contributed by atoms with Gasteiger partial charge in [-0.2, -0.15) is 5.10 Å². The summed E-state index contributed by atoms with van der Waals surface area (Å²) < 4.78 is 1.86. The maximum atomic E-state index is 10.6. The summed E-state index contributed by atoms with van der Waals surface area (Å²) in [5, 5.41) is 15.2. The van der Waals surface area contributed by atoms with Gasteiger partial charge in [-0.1, -0.05) is 40.7 Å². The molecule has 2 aromatic heterocycles. The molecule has 0 radical (unpaired) electrons. The molecule has 0 bridgehead atoms. The van der Waals surface area contributed by atoms with E-state index in [-0.39, 0.29) is 5.41 Å². The van der Waals surface area contributed by atoms with Crippen molar-refractivity contribution in [3.63, 3.8) is 0 Å². The molecule has 2 rings (SSSR count). The van der Waals surface area contributed by atoms with Gasteiger partial charge in [0.05, 0.1) is 17.3 Å². The first-order valence-electron chi connectivity index (χ1n) is 6.47. The lowest BCUT2D eigenvalue weighted by Crippen LogP contribution is -2.19. The van der Waals surface area contributed by atoms with E-state index in [0.717, 1.165) is 16.8 Å². The molecular formula is C15H22N2O. The number of aliphatic hydroxyl groups is 1. The SMILES string of the molecule is CC(C)c1nn2ccccc2c1C(O)C(C)(C)C. The molecular weight excluding hydrogens is 224 g/mol. The quantitative estimate of drug-likeness (QED) is 0.880. The highest BCUT2D eigenvalue weighted by atomic mass is 16.3. The lowest BCUT2D eigenvalue weighted by molar-refractivity contribution is 0.0629. The van der Waals surface area contributed by atoms with Crippen LogP contribution in [0.4, 0.5) is 0 Å². The van der Waals surface area contributed by atoms with Crippen molar-refractivity contribution in [2.24, 2.45) is 5.41 Å². The average Bonchev–Trinajstić information content (AvgIpc) is 2.65. The number of fused-ring (bicyclic) bond motifs is 1. The molecule has 2 aromatic rings. The molecule has 0 aliphatic carbocycles. The van der Waals surface area contributed by atoms with Crippen molar-refractivity contribution in [3.05, 3.63) is 35.7 Å². The maximum Gasteiger partial charge on any atom is 0.0877 e. The molecule has 0 saturated heterocycles. The molecule has 0 aromatic carbocycles. The predicted octanol–water partition coefficient (Wildman–Crippen LogP) is 3.54. The number of nitrogens with zero attached hydrogens (tertiary/aromatic N) is 2. The van der Waals surface area contributed by atoms with Crippen molar-refractivity contribution in [2.75, 3.05) is 0 Å². The normalized spacial score (nSPS) is 14.4. The van der Waals surface area contributed by atoms with Gasteiger partial charge in [0.25, 0.3) is 0 Å². The Balaban J connectivity index is 2.69. The number of hydrogen-bond acceptors (Lipinski definition) is 2. The van der Waals surface area contributed by atoms with Gasteiger partial charge in [-0.3, -0.25) is 0 Å². The van der Waals surface area contributed by atoms with Crippen molar-refractivity contribution in [2.45, 2.75) is 46.6 Å². The summed E-state index contributed by atoms with van der Waals surface area (Å²) in [4.78, 5) is 0. The second-order valence-electron chi connectivity index (χ2n) is 6.25. The van der Waals surface area contributed by atoms with E-state index in [4.69, 9.17) is 0 Å². The van der Waals surface area contributed by atoms with Gasteiger partial charge in [-0.25, -0.2) is 4.52 Å². The summed E-state index contributed by atoms with van der Waals surface area (Å²) in [6.45, 7) is 10.4. The van der Waals surface area contributed by atoms with Gasteiger partial charge in [-0.15, -0.1) is 0 Å². The Morgan fingerprint density at radius 1 is 1.22 bits per heavy atom. The Labute approximate surface area is 108 Å². The van der Waals surface area contributed by atoms with E-state index in [1.165, 1.54) is 0 Å². The zero-order chi connectivity index (χ0) is 13.5. The Hall–Kier alpha value is -1.35. The Bertz CT molecular complexity index is 549. The van der Waals surface area contributed by atoms with Crippen molar-refractivity contribution >= 4 is 5.52 Å². The van der Waals surface area contributed by atoms with Crippen LogP contribution in [0.15, 0.2) is 24.4 Å². The minimum atomic E-state index is -0.505. The third kappa shape index (κ3) is 2.15. The molecule has 98 valence electrons. The van der Waals surface area contributed by atoms with Crippen LogP contribution in [0.5, 0.6) is 0 Å². The molecule has 0 aliphatic heterocycles. The molecule has 0 fully saturated rings. The highest BCUT2D eigenvalue weighted by Crippen LogP contribution is 2.38. The number of rotatable bonds is 2. The molecule has 3 nitrogen and oxygen atoms in total. The van der Waals surface area contributed by atoms with Crippen LogP contribution in [-0.4, -0.2) is 14.7 Å².